The molecule has 2 atom stereocenters. The molecule has 1 aliphatic heterocycles. The Morgan fingerprint density at radius 2 is 2.25 bits per heavy atom. The molecular formula is C12H20N2S2. The van der Waals surface area contributed by atoms with E-state index in [4.69, 9.17) is 10.7 Å². The molecule has 1 aromatic rings. The molecule has 2 N–H and O–H groups in total. The second kappa shape index (κ2) is 4.67. The zero-order valence-corrected chi connectivity index (χ0v) is 11.8. The fourth-order valence-electron chi connectivity index (χ4n) is 1.82. The molecule has 1 aromatic heterocycles. The van der Waals surface area contributed by atoms with Gasteiger partial charge < -0.3 is 5.73 Å². The van der Waals surface area contributed by atoms with E-state index < -0.39 is 0 Å². The summed E-state index contributed by atoms with van der Waals surface area (Å²) in [6.45, 7) is 6.59. The van der Waals surface area contributed by atoms with Crippen molar-refractivity contribution in [2.24, 2.45) is 11.7 Å². The lowest BCUT2D eigenvalue weighted by Crippen LogP contribution is -2.21. The second-order valence-electron chi connectivity index (χ2n) is 5.47. The van der Waals surface area contributed by atoms with E-state index in [0.29, 0.717) is 5.92 Å². The minimum atomic E-state index is 0.138. The Kier molecular flexibility index (Phi) is 3.62. The third kappa shape index (κ3) is 2.60. The molecule has 1 saturated heterocycles. The lowest BCUT2D eigenvalue weighted by Gasteiger charge is -2.17. The van der Waals surface area contributed by atoms with Crippen molar-refractivity contribution in [1.29, 1.82) is 0 Å². The van der Waals surface area contributed by atoms with Gasteiger partial charge in [0.1, 0.15) is 5.01 Å². The summed E-state index contributed by atoms with van der Waals surface area (Å²) in [5.41, 5.74) is 7.60. The highest BCUT2D eigenvalue weighted by atomic mass is 32.2. The van der Waals surface area contributed by atoms with Crippen LogP contribution in [-0.4, -0.2) is 16.5 Å². The second-order valence-corrected chi connectivity index (χ2v) is 7.51. The minimum Gasteiger partial charge on any atom is -0.322 e. The molecule has 0 aliphatic carbocycles. The normalized spacial score (nSPS) is 23.6. The van der Waals surface area contributed by atoms with Crippen molar-refractivity contribution in [3.8, 4) is 0 Å². The Hall–Kier alpha value is -0.0600. The van der Waals surface area contributed by atoms with E-state index in [-0.39, 0.29) is 11.5 Å². The van der Waals surface area contributed by atoms with Crippen molar-refractivity contribution in [2.45, 2.75) is 38.6 Å². The van der Waals surface area contributed by atoms with E-state index in [1.54, 1.807) is 11.3 Å². The first-order chi connectivity index (χ1) is 7.48. The Balaban J connectivity index is 2.12. The summed E-state index contributed by atoms with van der Waals surface area (Å²) in [4.78, 5) is 4.71. The summed E-state index contributed by atoms with van der Waals surface area (Å²) in [5, 5.41) is 3.29. The van der Waals surface area contributed by atoms with Crippen molar-refractivity contribution in [3.63, 3.8) is 0 Å². The average Bonchev–Trinajstić information content (AvgIpc) is 2.87. The number of thioether (sulfide) groups is 1. The smallest absolute Gasteiger partial charge is 0.110 e. The van der Waals surface area contributed by atoms with Gasteiger partial charge in [-0.05, 0) is 23.8 Å². The summed E-state index contributed by atoms with van der Waals surface area (Å²) in [6, 6.07) is 0.149. The standard InChI is InChI=1S/C12H20N2S2/c1-12(2,3)9-7-16-11(14-9)10(13)8-4-5-15-6-8/h7-8,10H,4-6,13H2,1-3H3. The van der Waals surface area contributed by atoms with Crippen molar-refractivity contribution in [2.75, 3.05) is 11.5 Å². The molecule has 0 radical (unpaired) electrons. The van der Waals surface area contributed by atoms with Crippen LogP contribution in [0.4, 0.5) is 0 Å². The maximum atomic E-state index is 6.29. The summed E-state index contributed by atoms with van der Waals surface area (Å²) in [7, 11) is 0. The van der Waals surface area contributed by atoms with Crippen LogP contribution in [0.3, 0.4) is 0 Å². The Labute approximate surface area is 106 Å². The SMILES string of the molecule is CC(C)(C)c1csc(C(N)C2CCSC2)n1. The van der Waals surface area contributed by atoms with E-state index in [9.17, 15) is 0 Å². The highest BCUT2D eigenvalue weighted by Crippen LogP contribution is 2.35. The van der Waals surface area contributed by atoms with Crippen molar-refractivity contribution in [1.82, 2.24) is 4.98 Å². The molecule has 2 unspecified atom stereocenters. The van der Waals surface area contributed by atoms with Crippen LogP contribution in [0.25, 0.3) is 0 Å². The van der Waals surface area contributed by atoms with Crippen LogP contribution >= 0.6 is 23.1 Å². The number of aromatic nitrogens is 1. The predicted octanol–water partition coefficient (Wildman–Crippen LogP) is 3.19. The first kappa shape index (κ1) is 12.4. The number of hydrogen-bond donors (Lipinski definition) is 1. The van der Waals surface area contributed by atoms with E-state index >= 15 is 0 Å². The number of rotatable bonds is 2. The Morgan fingerprint density at radius 3 is 2.75 bits per heavy atom. The van der Waals surface area contributed by atoms with Gasteiger partial charge in [0.25, 0.3) is 0 Å². The van der Waals surface area contributed by atoms with Gasteiger partial charge in [-0.1, -0.05) is 20.8 Å². The number of thiazole rings is 1. The van der Waals surface area contributed by atoms with Crippen molar-refractivity contribution >= 4 is 23.1 Å². The van der Waals surface area contributed by atoms with E-state index in [0.717, 1.165) is 5.01 Å². The fourth-order valence-corrected chi connectivity index (χ4v) is 4.27. The third-order valence-electron chi connectivity index (χ3n) is 3.05. The molecule has 2 rings (SSSR count). The molecule has 90 valence electrons. The molecule has 1 aliphatic rings. The van der Waals surface area contributed by atoms with Gasteiger partial charge in [-0.3, -0.25) is 0 Å². The van der Waals surface area contributed by atoms with Gasteiger partial charge in [-0.25, -0.2) is 4.98 Å². The monoisotopic (exact) mass is 256 g/mol. The maximum Gasteiger partial charge on any atom is 0.110 e. The molecule has 4 heteroatoms. The summed E-state index contributed by atoms with van der Waals surface area (Å²) in [6.07, 6.45) is 1.25. The quantitative estimate of drug-likeness (QED) is 0.883. The fraction of sp³-hybridized carbons (Fsp3) is 0.750. The van der Waals surface area contributed by atoms with Gasteiger partial charge in [0.05, 0.1) is 11.7 Å². The first-order valence-electron chi connectivity index (χ1n) is 5.77. The Morgan fingerprint density at radius 1 is 1.50 bits per heavy atom. The molecular weight excluding hydrogens is 236 g/mol. The third-order valence-corrected chi connectivity index (χ3v) is 5.18. The predicted molar refractivity (Wildman–Crippen MR) is 73.2 cm³/mol. The average molecular weight is 256 g/mol. The number of nitrogens with two attached hydrogens (primary N) is 1. The van der Waals surface area contributed by atoms with Crippen LogP contribution in [0.15, 0.2) is 5.38 Å². The molecule has 0 spiro atoms. The van der Waals surface area contributed by atoms with Crippen LogP contribution in [0.2, 0.25) is 0 Å². The van der Waals surface area contributed by atoms with Crippen LogP contribution < -0.4 is 5.73 Å². The van der Waals surface area contributed by atoms with E-state index in [1.165, 1.54) is 23.6 Å². The molecule has 0 saturated carbocycles. The van der Waals surface area contributed by atoms with Crippen LogP contribution in [0.1, 0.15) is 43.9 Å². The van der Waals surface area contributed by atoms with E-state index in [2.05, 4.69) is 26.2 Å². The first-order valence-corrected chi connectivity index (χ1v) is 7.81. The topological polar surface area (TPSA) is 38.9 Å². The van der Waals surface area contributed by atoms with Crippen molar-refractivity contribution < 1.29 is 0 Å². The molecule has 0 bridgehead atoms. The van der Waals surface area contributed by atoms with Crippen LogP contribution in [-0.2, 0) is 5.41 Å². The zero-order valence-electron chi connectivity index (χ0n) is 10.2. The van der Waals surface area contributed by atoms with Gasteiger partial charge in [0, 0.05) is 10.8 Å². The minimum absolute atomic E-state index is 0.138. The number of nitrogens with zero attached hydrogens (tertiary/aromatic N) is 1. The zero-order chi connectivity index (χ0) is 11.8. The molecule has 0 aromatic carbocycles. The summed E-state index contributed by atoms with van der Waals surface area (Å²) in [5.74, 6) is 3.09. The molecule has 16 heavy (non-hydrogen) atoms. The van der Waals surface area contributed by atoms with Gasteiger partial charge in [-0.2, -0.15) is 11.8 Å². The summed E-state index contributed by atoms with van der Waals surface area (Å²) >= 11 is 3.74. The maximum absolute atomic E-state index is 6.29. The lowest BCUT2D eigenvalue weighted by atomic mass is 9.93. The summed E-state index contributed by atoms with van der Waals surface area (Å²) < 4.78 is 0. The molecule has 2 nitrogen and oxygen atoms in total. The largest absolute Gasteiger partial charge is 0.322 e. The molecule has 2 heterocycles. The lowest BCUT2D eigenvalue weighted by molar-refractivity contribution is 0.476. The van der Waals surface area contributed by atoms with Gasteiger partial charge in [0.15, 0.2) is 0 Å². The van der Waals surface area contributed by atoms with Gasteiger partial charge in [0.2, 0.25) is 0 Å². The highest BCUT2D eigenvalue weighted by Gasteiger charge is 2.27. The molecule has 0 amide bonds. The van der Waals surface area contributed by atoms with Crippen LogP contribution in [0.5, 0.6) is 0 Å². The van der Waals surface area contributed by atoms with Gasteiger partial charge in [-0.15, -0.1) is 11.3 Å². The van der Waals surface area contributed by atoms with Crippen LogP contribution in [0, 0.1) is 5.92 Å². The number of hydrogen-bond acceptors (Lipinski definition) is 4. The van der Waals surface area contributed by atoms with Gasteiger partial charge >= 0.3 is 0 Å². The molecule has 1 fully saturated rings. The highest BCUT2D eigenvalue weighted by molar-refractivity contribution is 7.99. The van der Waals surface area contributed by atoms with E-state index in [1.807, 2.05) is 11.8 Å². The van der Waals surface area contributed by atoms with Crippen molar-refractivity contribution in [3.05, 3.63) is 16.1 Å². The Bertz CT molecular complexity index is 348.